The molecule has 0 aromatic rings. The van der Waals surface area contributed by atoms with Gasteiger partial charge in [0.1, 0.15) is 5.71 Å². The van der Waals surface area contributed by atoms with Crippen molar-refractivity contribution in [3.8, 4) is 0 Å². The first-order valence-corrected chi connectivity index (χ1v) is 2.39. The van der Waals surface area contributed by atoms with Crippen molar-refractivity contribution in [2.75, 3.05) is 7.05 Å². The lowest BCUT2D eigenvalue weighted by atomic mass is 10.4. The van der Waals surface area contributed by atoms with Crippen LogP contribution in [0.5, 0.6) is 0 Å². The molecule has 0 atom stereocenters. The molecule has 0 aromatic heterocycles. The molecule has 0 unspecified atom stereocenters. The van der Waals surface area contributed by atoms with E-state index in [9.17, 15) is 13.2 Å². The Kier molecular flexibility index (Phi) is 2.98. The van der Waals surface area contributed by atoms with E-state index < -0.39 is 11.9 Å². The predicted molar refractivity (Wildman–Crippen MR) is 29.9 cm³/mol. The summed E-state index contributed by atoms with van der Waals surface area (Å²) in [6.07, 6.45) is -4.39. The van der Waals surface area contributed by atoms with Crippen LogP contribution in [0.15, 0.2) is 15.4 Å². The summed E-state index contributed by atoms with van der Waals surface area (Å²) < 4.78 is 34.6. The van der Waals surface area contributed by atoms with Gasteiger partial charge in [0.25, 0.3) is 0 Å². The summed E-state index contributed by atoms with van der Waals surface area (Å²) in [7, 11) is 1.24. The highest BCUT2D eigenvalue weighted by molar-refractivity contribution is 5.87. The molecule has 0 aliphatic rings. The van der Waals surface area contributed by atoms with Gasteiger partial charge in [-0.05, 0) is 12.1 Å². The summed E-state index contributed by atoms with van der Waals surface area (Å²) in [5.74, 6) is 0. The Labute approximate surface area is 55.6 Å². The van der Waals surface area contributed by atoms with Crippen LogP contribution in [0.2, 0.25) is 0 Å². The summed E-state index contributed by atoms with van der Waals surface area (Å²) in [5, 5.41) is 8.62. The summed E-state index contributed by atoms with van der Waals surface area (Å²) in [4.78, 5) is 0. The fraction of sp³-hybridized carbons (Fsp3) is 0.750. The maximum Gasteiger partial charge on any atom is 0.431 e. The molecule has 0 bridgehead atoms. The maximum absolute atomic E-state index is 11.5. The molecule has 10 heavy (non-hydrogen) atoms. The molecule has 0 aliphatic carbocycles. The maximum atomic E-state index is 11.5. The molecule has 0 radical (unpaired) electrons. The van der Waals surface area contributed by atoms with Gasteiger partial charge in [0, 0.05) is 0 Å². The third-order valence-corrected chi connectivity index (χ3v) is 0.694. The average Bonchev–Trinajstić information content (AvgIpc) is 1.80. The van der Waals surface area contributed by atoms with E-state index in [4.69, 9.17) is 0 Å². The van der Waals surface area contributed by atoms with Crippen molar-refractivity contribution in [3.63, 3.8) is 0 Å². The molecule has 0 spiro atoms. The number of rotatable bonds is 1. The molecule has 0 saturated heterocycles. The normalized spacial score (nSPS) is 14.7. The molecule has 58 valence electrons. The lowest BCUT2D eigenvalue weighted by molar-refractivity contribution is -0.0594. The fourth-order valence-corrected chi connectivity index (χ4v) is 0.168. The second-order valence-corrected chi connectivity index (χ2v) is 1.47. The largest absolute Gasteiger partial charge is 0.431 e. The molecular formula is C4H6F3N3. The molecule has 0 aromatic carbocycles. The fourth-order valence-electron chi connectivity index (χ4n) is 0.168. The van der Waals surface area contributed by atoms with Gasteiger partial charge >= 0.3 is 6.18 Å². The first-order chi connectivity index (χ1) is 4.48. The lowest BCUT2D eigenvalue weighted by Crippen LogP contribution is -2.18. The van der Waals surface area contributed by atoms with E-state index in [1.54, 1.807) is 0 Å². The van der Waals surface area contributed by atoms with Gasteiger partial charge in [0.2, 0.25) is 0 Å². The van der Waals surface area contributed by atoms with E-state index in [-0.39, 0.29) is 0 Å². The second-order valence-electron chi connectivity index (χ2n) is 1.47. The quantitative estimate of drug-likeness (QED) is 0.314. The molecule has 6 heteroatoms. The van der Waals surface area contributed by atoms with Gasteiger partial charge in [-0.2, -0.15) is 18.3 Å². The van der Waals surface area contributed by atoms with Crippen LogP contribution in [-0.4, -0.2) is 18.9 Å². The van der Waals surface area contributed by atoms with E-state index in [1.165, 1.54) is 7.05 Å². The Bertz CT molecular complexity index is 158. The smallest absolute Gasteiger partial charge is 0.172 e. The molecule has 0 rings (SSSR count). The van der Waals surface area contributed by atoms with Crippen LogP contribution in [0.25, 0.3) is 0 Å². The molecular weight excluding hydrogens is 147 g/mol. The van der Waals surface area contributed by atoms with Crippen molar-refractivity contribution in [1.82, 2.24) is 0 Å². The lowest BCUT2D eigenvalue weighted by Gasteiger charge is -2.00. The van der Waals surface area contributed by atoms with Crippen molar-refractivity contribution in [2.24, 2.45) is 15.4 Å². The van der Waals surface area contributed by atoms with Gasteiger partial charge in [-0.15, -0.1) is 5.10 Å². The Hall–Kier alpha value is -0.940. The number of nitrogens with zero attached hydrogens (tertiary/aromatic N) is 3. The second kappa shape index (κ2) is 3.28. The molecule has 0 fully saturated rings. The van der Waals surface area contributed by atoms with Gasteiger partial charge in [-0.3, -0.25) is 0 Å². The van der Waals surface area contributed by atoms with Crippen LogP contribution in [0.1, 0.15) is 6.92 Å². The number of alkyl halides is 3. The third kappa shape index (κ3) is 3.16. The van der Waals surface area contributed by atoms with E-state index in [1.807, 2.05) is 0 Å². The zero-order chi connectivity index (χ0) is 8.20. The molecule has 0 N–H and O–H groups in total. The summed E-state index contributed by atoms with van der Waals surface area (Å²) in [6, 6.07) is 0. The van der Waals surface area contributed by atoms with Crippen LogP contribution in [-0.2, 0) is 0 Å². The molecule has 0 amide bonds. The van der Waals surface area contributed by atoms with Gasteiger partial charge in [-0.25, -0.2) is 0 Å². The Morgan fingerprint density at radius 1 is 1.30 bits per heavy atom. The molecule has 3 nitrogen and oxygen atoms in total. The Balaban J connectivity index is 4.20. The summed E-state index contributed by atoms with van der Waals surface area (Å²) in [6.45, 7) is 0.828. The Morgan fingerprint density at radius 2 is 1.80 bits per heavy atom. The molecule has 0 aliphatic heterocycles. The van der Waals surface area contributed by atoms with Gasteiger partial charge in [0.05, 0.1) is 7.05 Å². The van der Waals surface area contributed by atoms with Crippen molar-refractivity contribution in [2.45, 2.75) is 13.1 Å². The zero-order valence-electron chi connectivity index (χ0n) is 5.48. The highest BCUT2D eigenvalue weighted by atomic mass is 19.4. The average molecular weight is 153 g/mol. The van der Waals surface area contributed by atoms with Crippen molar-refractivity contribution < 1.29 is 13.2 Å². The van der Waals surface area contributed by atoms with Crippen LogP contribution in [0.3, 0.4) is 0 Å². The predicted octanol–water partition coefficient (Wildman–Crippen LogP) is 2.01. The first kappa shape index (κ1) is 9.06. The van der Waals surface area contributed by atoms with Crippen molar-refractivity contribution in [1.29, 1.82) is 0 Å². The standard InChI is InChI=1S/C4H6F3N3/c1-3(4(5,6)7)9-10-8-2/h1-2H3/b9-3+,10-8-. The van der Waals surface area contributed by atoms with Crippen LogP contribution < -0.4 is 0 Å². The highest BCUT2D eigenvalue weighted by Crippen LogP contribution is 2.16. The van der Waals surface area contributed by atoms with Crippen LogP contribution in [0.4, 0.5) is 13.2 Å². The molecule has 0 heterocycles. The topological polar surface area (TPSA) is 37.1 Å². The summed E-state index contributed by atoms with van der Waals surface area (Å²) >= 11 is 0. The van der Waals surface area contributed by atoms with Crippen LogP contribution in [0, 0.1) is 0 Å². The summed E-state index contributed by atoms with van der Waals surface area (Å²) in [5.41, 5.74) is -1.00. The number of hydrogen-bond acceptors (Lipinski definition) is 2. The van der Waals surface area contributed by atoms with Crippen LogP contribution >= 0.6 is 0 Å². The van der Waals surface area contributed by atoms with Crippen molar-refractivity contribution >= 4 is 5.71 Å². The van der Waals surface area contributed by atoms with Gasteiger partial charge < -0.3 is 0 Å². The molecule has 0 saturated carbocycles. The first-order valence-electron chi connectivity index (χ1n) is 2.39. The monoisotopic (exact) mass is 153 g/mol. The number of hydrogen-bond donors (Lipinski definition) is 0. The van der Waals surface area contributed by atoms with E-state index >= 15 is 0 Å². The third-order valence-electron chi connectivity index (χ3n) is 0.694. The van der Waals surface area contributed by atoms with Gasteiger partial charge in [-0.1, -0.05) is 0 Å². The minimum absolute atomic E-state index is 0.828. The van der Waals surface area contributed by atoms with Crippen molar-refractivity contribution in [3.05, 3.63) is 0 Å². The SMILES string of the molecule is C/N=N\N=C(/C)C(F)(F)F. The zero-order valence-corrected chi connectivity index (χ0v) is 5.48. The minimum atomic E-state index is -4.39. The van der Waals surface area contributed by atoms with Gasteiger partial charge in [0.15, 0.2) is 0 Å². The van der Waals surface area contributed by atoms with E-state index in [0.717, 1.165) is 6.92 Å². The Morgan fingerprint density at radius 3 is 2.10 bits per heavy atom. The minimum Gasteiger partial charge on any atom is -0.172 e. The highest BCUT2D eigenvalue weighted by Gasteiger charge is 2.32. The van der Waals surface area contributed by atoms with E-state index in [0.29, 0.717) is 0 Å². The van der Waals surface area contributed by atoms with E-state index in [2.05, 4.69) is 15.4 Å². The number of halogens is 3.